The number of fused-ring (bicyclic) bond motifs is 1. The lowest BCUT2D eigenvalue weighted by Gasteiger charge is -2.14. The standard InChI is InChI=1S/C15H10Cl2N2O/c16-10-6-13(17)14(19-8-10)15(20)12-3-1-2-9-7-18-5-4-11(9)12/h1-8,15,20H. The summed E-state index contributed by atoms with van der Waals surface area (Å²) in [5.41, 5.74) is 1.13. The van der Waals surface area contributed by atoms with E-state index in [0.29, 0.717) is 15.7 Å². The van der Waals surface area contributed by atoms with Gasteiger partial charge in [-0.3, -0.25) is 9.97 Å². The highest BCUT2D eigenvalue weighted by Gasteiger charge is 2.18. The molecule has 0 aliphatic heterocycles. The van der Waals surface area contributed by atoms with Crippen LogP contribution in [0.3, 0.4) is 0 Å². The number of benzene rings is 1. The van der Waals surface area contributed by atoms with Crippen LogP contribution in [0.25, 0.3) is 10.8 Å². The van der Waals surface area contributed by atoms with Crippen LogP contribution in [0.2, 0.25) is 10.0 Å². The molecule has 2 heterocycles. The zero-order valence-corrected chi connectivity index (χ0v) is 11.8. The molecule has 1 N–H and O–H groups in total. The summed E-state index contributed by atoms with van der Waals surface area (Å²) in [6, 6.07) is 9.08. The van der Waals surface area contributed by atoms with Crippen molar-refractivity contribution in [2.45, 2.75) is 6.10 Å². The van der Waals surface area contributed by atoms with Crippen molar-refractivity contribution in [3.8, 4) is 0 Å². The maximum atomic E-state index is 10.6. The molecule has 3 nitrogen and oxygen atoms in total. The predicted molar refractivity (Wildman–Crippen MR) is 80.1 cm³/mol. The molecule has 0 radical (unpaired) electrons. The number of aliphatic hydroxyl groups excluding tert-OH is 1. The van der Waals surface area contributed by atoms with Gasteiger partial charge in [-0.15, -0.1) is 0 Å². The number of aromatic nitrogens is 2. The van der Waals surface area contributed by atoms with E-state index >= 15 is 0 Å². The molecule has 0 bridgehead atoms. The Morgan fingerprint density at radius 3 is 2.75 bits per heavy atom. The smallest absolute Gasteiger partial charge is 0.123 e. The summed E-state index contributed by atoms with van der Waals surface area (Å²) in [5.74, 6) is 0. The molecule has 3 rings (SSSR count). The summed E-state index contributed by atoms with van der Waals surface area (Å²) >= 11 is 11.9. The van der Waals surface area contributed by atoms with Crippen LogP contribution >= 0.6 is 23.2 Å². The lowest BCUT2D eigenvalue weighted by Crippen LogP contribution is -2.04. The van der Waals surface area contributed by atoms with Gasteiger partial charge in [0, 0.05) is 24.0 Å². The molecule has 0 saturated carbocycles. The van der Waals surface area contributed by atoms with Crippen molar-refractivity contribution in [1.82, 2.24) is 9.97 Å². The van der Waals surface area contributed by atoms with Crippen molar-refractivity contribution in [2.24, 2.45) is 0 Å². The number of hydrogen-bond donors (Lipinski definition) is 1. The van der Waals surface area contributed by atoms with Gasteiger partial charge in [-0.05, 0) is 23.1 Å². The number of pyridine rings is 2. The maximum Gasteiger partial charge on any atom is 0.123 e. The Morgan fingerprint density at radius 1 is 1.10 bits per heavy atom. The van der Waals surface area contributed by atoms with Gasteiger partial charge < -0.3 is 5.11 Å². The highest BCUT2D eigenvalue weighted by molar-refractivity contribution is 6.34. The fourth-order valence-electron chi connectivity index (χ4n) is 2.16. The highest BCUT2D eigenvalue weighted by Crippen LogP contribution is 2.31. The lowest BCUT2D eigenvalue weighted by atomic mass is 9.99. The van der Waals surface area contributed by atoms with E-state index in [9.17, 15) is 5.11 Å². The maximum absolute atomic E-state index is 10.6. The molecule has 0 fully saturated rings. The van der Waals surface area contributed by atoms with E-state index in [1.54, 1.807) is 18.5 Å². The third kappa shape index (κ3) is 2.36. The van der Waals surface area contributed by atoms with Crippen LogP contribution in [0.5, 0.6) is 0 Å². The molecule has 0 aliphatic rings. The zero-order valence-electron chi connectivity index (χ0n) is 10.3. The summed E-state index contributed by atoms with van der Waals surface area (Å²) in [5, 5.41) is 13.2. The van der Waals surface area contributed by atoms with E-state index in [1.807, 2.05) is 24.3 Å². The molecular weight excluding hydrogens is 295 g/mol. The topological polar surface area (TPSA) is 46.0 Å². The molecule has 2 aromatic heterocycles. The van der Waals surface area contributed by atoms with Gasteiger partial charge in [-0.1, -0.05) is 41.4 Å². The second-order valence-corrected chi connectivity index (χ2v) is 5.21. The normalized spacial score (nSPS) is 12.6. The van der Waals surface area contributed by atoms with Gasteiger partial charge in [0.05, 0.1) is 15.7 Å². The minimum absolute atomic E-state index is 0.344. The van der Waals surface area contributed by atoms with Gasteiger partial charge in [-0.25, -0.2) is 0 Å². The average molecular weight is 305 g/mol. The summed E-state index contributed by atoms with van der Waals surface area (Å²) in [7, 11) is 0. The van der Waals surface area contributed by atoms with E-state index in [-0.39, 0.29) is 0 Å². The summed E-state index contributed by atoms with van der Waals surface area (Å²) in [6.07, 6.45) is 4.00. The summed E-state index contributed by atoms with van der Waals surface area (Å²) in [6.45, 7) is 0. The molecule has 0 aliphatic carbocycles. The molecule has 1 atom stereocenters. The highest BCUT2D eigenvalue weighted by atomic mass is 35.5. The van der Waals surface area contributed by atoms with Crippen LogP contribution in [0.1, 0.15) is 17.4 Å². The monoisotopic (exact) mass is 304 g/mol. The Bertz CT molecular complexity index is 771. The van der Waals surface area contributed by atoms with Gasteiger partial charge in [-0.2, -0.15) is 0 Å². The molecule has 0 saturated heterocycles. The van der Waals surface area contributed by atoms with Crippen LogP contribution in [-0.4, -0.2) is 15.1 Å². The van der Waals surface area contributed by atoms with Crippen molar-refractivity contribution in [3.05, 3.63) is 70.2 Å². The van der Waals surface area contributed by atoms with Crippen LogP contribution in [0, 0.1) is 0 Å². The van der Waals surface area contributed by atoms with Crippen molar-refractivity contribution in [3.63, 3.8) is 0 Å². The number of nitrogens with zero attached hydrogens (tertiary/aromatic N) is 2. The number of hydrogen-bond acceptors (Lipinski definition) is 3. The van der Waals surface area contributed by atoms with Crippen LogP contribution in [0.4, 0.5) is 0 Å². The Kier molecular flexibility index (Phi) is 3.57. The largest absolute Gasteiger partial charge is 0.382 e. The molecule has 0 spiro atoms. The van der Waals surface area contributed by atoms with Crippen molar-refractivity contribution < 1.29 is 5.11 Å². The SMILES string of the molecule is OC(c1ncc(Cl)cc1Cl)c1cccc2cnccc12. The third-order valence-corrected chi connectivity index (χ3v) is 3.61. The molecular formula is C15H10Cl2N2O. The molecule has 1 unspecified atom stereocenters. The van der Waals surface area contributed by atoms with Gasteiger partial charge in [0.25, 0.3) is 0 Å². The average Bonchev–Trinajstić information content (AvgIpc) is 2.46. The molecule has 0 amide bonds. The minimum Gasteiger partial charge on any atom is -0.382 e. The quantitative estimate of drug-likeness (QED) is 0.778. The van der Waals surface area contributed by atoms with Crippen LogP contribution in [0.15, 0.2) is 48.9 Å². The second kappa shape index (κ2) is 5.37. The first kappa shape index (κ1) is 13.3. The van der Waals surface area contributed by atoms with E-state index in [1.165, 1.54) is 6.20 Å². The Morgan fingerprint density at radius 2 is 1.95 bits per heavy atom. The third-order valence-electron chi connectivity index (χ3n) is 3.10. The van der Waals surface area contributed by atoms with E-state index in [2.05, 4.69) is 9.97 Å². The molecule has 3 aromatic rings. The Balaban J connectivity index is 2.15. The van der Waals surface area contributed by atoms with E-state index in [0.717, 1.165) is 16.3 Å². The van der Waals surface area contributed by atoms with Gasteiger partial charge >= 0.3 is 0 Å². The second-order valence-electron chi connectivity index (χ2n) is 4.37. The van der Waals surface area contributed by atoms with Crippen molar-refractivity contribution in [2.75, 3.05) is 0 Å². The van der Waals surface area contributed by atoms with Crippen molar-refractivity contribution >= 4 is 34.0 Å². The number of halogens is 2. The van der Waals surface area contributed by atoms with Gasteiger partial charge in [0.2, 0.25) is 0 Å². The van der Waals surface area contributed by atoms with E-state index in [4.69, 9.17) is 23.2 Å². The summed E-state index contributed by atoms with van der Waals surface area (Å²) < 4.78 is 0. The first-order valence-corrected chi connectivity index (χ1v) is 6.74. The van der Waals surface area contributed by atoms with Crippen LogP contribution < -0.4 is 0 Å². The molecule has 5 heteroatoms. The zero-order chi connectivity index (χ0) is 14.1. The number of rotatable bonds is 2. The first-order valence-electron chi connectivity index (χ1n) is 5.98. The molecule has 1 aromatic carbocycles. The first-order chi connectivity index (χ1) is 9.66. The predicted octanol–water partition coefficient (Wildman–Crippen LogP) is 4.02. The van der Waals surface area contributed by atoms with E-state index < -0.39 is 6.10 Å². The fraction of sp³-hybridized carbons (Fsp3) is 0.0667. The number of aliphatic hydroxyl groups is 1. The minimum atomic E-state index is -0.911. The van der Waals surface area contributed by atoms with Crippen LogP contribution in [-0.2, 0) is 0 Å². The van der Waals surface area contributed by atoms with Crippen molar-refractivity contribution in [1.29, 1.82) is 0 Å². The summed E-state index contributed by atoms with van der Waals surface area (Å²) in [4.78, 5) is 8.21. The molecule has 100 valence electrons. The van der Waals surface area contributed by atoms with Gasteiger partial charge in [0.1, 0.15) is 6.10 Å². The van der Waals surface area contributed by atoms with Gasteiger partial charge in [0.15, 0.2) is 0 Å². The molecule has 20 heavy (non-hydrogen) atoms. The Hall–Kier alpha value is -1.68. The lowest BCUT2D eigenvalue weighted by molar-refractivity contribution is 0.217. The fourth-order valence-corrected chi connectivity index (χ4v) is 2.64. The Labute approximate surface area is 125 Å².